The fourth-order valence-corrected chi connectivity index (χ4v) is 2.39. The SMILES string of the molecule is Cc1ccc(-c2cc(N)c(=O)n(CC(=O)NCc3ccccc3F)n2)o1. The minimum atomic E-state index is -0.585. The minimum Gasteiger partial charge on any atom is -0.460 e. The van der Waals surface area contributed by atoms with Gasteiger partial charge in [-0.15, -0.1) is 0 Å². The van der Waals surface area contributed by atoms with Crippen molar-refractivity contribution in [3.63, 3.8) is 0 Å². The van der Waals surface area contributed by atoms with E-state index >= 15 is 0 Å². The molecule has 3 N–H and O–H groups in total. The first kappa shape index (κ1) is 17.4. The quantitative estimate of drug-likeness (QED) is 0.726. The van der Waals surface area contributed by atoms with Crippen molar-refractivity contribution < 1.29 is 13.6 Å². The van der Waals surface area contributed by atoms with Gasteiger partial charge in [0.25, 0.3) is 5.56 Å². The Morgan fingerprint density at radius 2 is 2.08 bits per heavy atom. The molecule has 26 heavy (non-hydrogen) atoms. The summed E-state index contributed by atoms with van der Waals surface area (Å²) in [6.45, 7) is 1.44. The maximum Gasteiger partial charge on any atom is 0.290 e. The van der Waals surface area contributed by atoms with Gasteiger partial charge in [-0.3, -0.25) is 9.59 Å². The van der Waals surface area contributed by atoms with Gasteiger partial charge in [0.1, 0.15) is 29.5 Å². The largest absolute Gasteiger partial charge is 0.460 e. The van der Waals surface area contributed by atoms with E-state index in [1.165, 1.54) is 12.1 Å². The molecule has 0 saturated carbocycles. The summed E-state index contributed by atoms with van der Waals surface area (Å²) < 4.78 is 20.0. The first-order valence-electron chi connectivity index (χ1n) is 7.88. The number of benzene rings is 1. The Hall–Kier alpha value is -3.42. The van der Waals surface area contributed by atoms with Crippen LogP contribution in [0.1, 0.15) is 11.3 Å². The Bertz CT molecular complexity index is 1010. The molecule has 2 aromatic heterocycles. The standard InChI is InChI=1S/C18H17FN4O3/c1-11-6-7-16(26-11)15-8-14(20)18(25)23(22-15)10-17(24)21-9-12-4-2-3-5-13(12)19/h2-8H,9-10,20H2,1H3,(H,21,24). The molecule has 0 saturated heterocycles. The average molecular weight is 356 g/mol. The van der Waals surface area contributed by atoms with Gasteiger partial charge in [-0.05, 0) is 31.2 Å². The molecule has 7 nitrogen and oxygen atoms in total. The number of nitrogens with zero attached hydrogens (tertiary/aromatic N) is 2. The molecule has 8 heteroatoms. The van der Waals surface area contributed by atoms with Gasteiger partial charge in [0.2, 0.25) is 5.91 Å². The second-order valence-electron chi connectivity index (χ2n) is 5.73. The van der Waals surface area contributed by atoms with Gasteiger partial charge in [-0.2, -0.15) is 5.10 Å². The van der Waals surface area contributed by atoms with E-state index in [0.29, 0.717) is 22.8 Å². The summed E-state index contributed by atoms with van der Waals surface area (Å²) in [5, 5.41) is 6.68. The Balaban J connectivity index is 1.76. The number of amides is 1. The molecule has 0 fully saturated rings. The average Bonchev–Trinajstić information content (AvgIpc) is 3.04. The maximum absolute atomic E-state index is 13.6. The molecular formula is C18H17FN4O3. The molecule has 0 aliphatic rings. The van der Waals surface area contributed by atoms with Crippen molar-refractivity contribution in [2.24, 2.45) is 0 Å². The highest BCUT2D eigenvalue weighted by Gasteiger charge is 2.13. The Labute approximate surface area is 148 Å². The Morgan fingerprint density at radius 1 is 1.31 bits per heavy atom. The summed E-state index contributed by atoms with van der Waals surface area (Å²) in [5.74, 6) is 0.216. The van der Waals surface area contributed by atoms with Crippen molar-refractivity contribution in [1.29, 1.82) is 0 Å². The smallest absolute Gasteiger partial charge is 0.290 e. The molecule has 134 valence electrons. The number of hydrogen-bond donors (Lipinski definition) is 2. The second kappa shape index (κ2) is 7.22. The number of nitrogens with two attached hydrogens (primary N) is 1. The van der Waals surface area contributed by atoms with E-state index in [9.17, 15) is 14.0 Å². The first-order chi connectivity index (χ1) is 12.4. The van der Waals surface area contributed by atoms with Crippen LogP contribution >= 0.6 is 0 Å². The van der Waals surface area contributed by atoms with Gasteiger partial charge in [-0.25, -0.2) is 9.07 Å². The fourth-order valence-electron chi connectivity index (χ4n) is 2.39. The van der Waals surface area contributed by atoms with Crippen LogP contribution in [0.25, 0.3) is 11.5 Å². The molecule has 0 bridgehead atoms. The van der Waals surface area contributed by atoms with E-state index in [-0.39, 0.29) is 18.8 Å². The molecule has 0 aliphatic carbocycles. The zero-order chi connectivity index (χ0) is 18.7. The molecule has 0 unspecified atom stereocenters. The van der Waals surface area contributed by atoms with Gasteiger partial charge < -0.3 is 15.5 Å². The number of carbonyl (C=O) groups excluding carboxylic acids is 1. The van der Waals surface area contributed by atoms with Crippen molar-refractivity contribution >= 4 is 11.6 Å². The number of halogens is 1. The van der Waals surface area contributed by atoms with E-state index in [2.05, 4.69) is 10.4 Å². The number of hydrogen-bond acceptors (Lipinski definition) is 5. The van der Waals surface area contributed by atoms with Crippen LogP contribution in [-0.2, 0) is 17.9 Å². The Morgan fingerprint density at radius 3 is 2.77 bits per heavy atom. The number of carbonyl (C=O) groups is 1. The van der Waals surface area contributed by atoms with E-state index in [4.69, 9.17) is 10.2 Å². The highest BCUT2D eigenvalue weighted by atomic mass is 19.1. The van der Waals surface area contributed by atoms with E-state index in [0.717, 1.165) is 4.68 Å². The van der Waals surface area contributed by atoms with Crippen LogP contribution in [0, 0.1) is 12.7 Å². The highest BCUT2D eigenvalue weighted by molar-refractivity contribution is 5.75. The van der Waals surface area contributed by atoms with E-state index in [1.54, 1.807) is 37.3 Å². The van der Waals surface area contributed by atoms with Gasteiger partial charge in [0.05, 0.1) is 0 Å². The van der Waals surface area contributed by atoms with E-state index in [1.807, 2.05) is 0 Å². The molecule has 0 spiro atoms. The predicted octanol–water partition coefficient (Wildman–Crippen LogP) is 1.85. The summed E-state index contributed by atoms with van der Waals surface area (Å²) in [6, 6.07) is 11.0. The summed E-state index contributed by atoms with van der Waals surface area (Å²) in [4.78, 5) is 24.2. The lowest BCUT2D eigenvalue weighted by Crippen LogP contribution is -2.34. The Kier molecular flexibility index (Phi) is 4.83. The summed E-state index contributed by atoms with van der Waals surface area (Å²) in [6.07, 6.45) is 0. The van der Waals surface area contributed by atoms with Crippen LogP contribution in [0.2, 0.25) is 0 Å². The van der Waals surface area contributed by atoms with Gasteiger partial charge in [0.15, 0.2) is 5.76 Å². The number of aromatic nitrogens is 2. The highest BCUT2D eigenvalue weighted by Crippen LogP contribution is 2.19. The molecule has 0 aliphatic heterocycles. The van der Waals surface area contributed by atoms with Gasteiger partial charge in [-0.1, -0.05) is 18.2 Å². The monoisotopic (exact) mass is 356 g/mol. The van der Waals surface area contributed by atoms with E-state index < -0.39 is 17.3 Å². The van der Waals surface area contributed by atoms with Crippen molar-refractivity contribution in [3.8, 4) is 11.5 Å². The zero-order valence-electron chi connectivity index (χ0n) is 14.0. The second-order valence-corrected chi connectivity index (χ2v) is 5.73. The minimum absolute atomic E-state index is 0.00675. The van der Waals surface area contributed by atoms with Crippen LogP contribution in [0.15, 0.2) is 51.7 Å². The summed E-state index contributed by atoms with van der Waals surface area (Å²) >= 11 is 0. The number of furan rings is 1. The number of rotatable bonds is 5. The number of anilines is 1. The first-order valence-corrected chi connectivity index (χ1v) is 7.88. The molecule has 1 aromatic carbocycles. The molecule has 1 amide bonds. The molecule has 0 atom stereocenters. The number of nitrogen functional groups attached to an aromatic ring is 1. The van der Waals surface area contributed by atoms with Crippen molar-refractivity contribution in [2.45, 2.75) is 20.0 Å². The maximum atomic E-state index is 13.6. The lowest BCUT2D eigenvalue weighted by Gasteiger charge is -2.09. The zero-order valence-corrected chi connectivity index (χ0v) is 14.0. The predicted molar refractivity (Wildman–Crippen MR) is 93.6 cm³/mol. The lowest BCUT2D eigenvalue weighted by atomic mass is 10.2. The van der Waals surface area contributed by atoms with Crippen LogP contribution in [0.3, 0.4) is 0 Å². The summed E-state index contributed by atoms with van der Waals surface area (Å²) in [5.41, 5.74) is 5.79. The molecule has 3 rings (SSSR count). The fraction of sp³-hybridized carbons (Fsp3) is 0.167. The third kappa shape index (κ3) is 3.80. The van der Waals surface area contributed by atoms with Crippen molar-refractivity contribution in [2.75, 3.05) is 5.73 Å². The lowest BCUT2D eigenvalue weighted by molar-refractivity contribution is -0.122. The van der Waals surface area contributed by atoms with Crippen LogP contribution in [0.4, 0.5) is 10.1 Å². The van der Waals surface area contributed by atoms with Crippen LogP contribution < -0.4 is 16.6 Å². The van der Waals surface area contributed by atoms with Crippen molar-refractivity contribution in [1.82, 2.24) is 15.1 Å². The molecule has 0 radical (unpaired) electrons. The van der Waals surface area contributed by atoms with Crippen LogP contribution in [0.5, 0.6) is 0 Å². The normalized spacial score (nSPS) is 10.7. The molecular weight excluding hydrogens is 339 g/mol. The number of aryl methyl sites for hydroxylation is 1. The topological polar surface area (TPSA) is 103 Å². The molecule has 3 aromatic rings. The third-order valence-corrected chi connectivity index (χ3v) is 3.72. The van der Waals surface area contributed by atoms with Crippen LogP contribution in [-0.4, -0.2) is 15.7 Å². The number of nitrogens with one attached hydrogen (secondary N) is 1. The van der Waals surface area contributed by atoms with Crippen molar-refractivity contribution in [3.05, 3.63) is 70.0 Å². The van der Waals surface area contributed by atoms with Gasteiger partial charge >= 0.3 is 0 Å². The molecule has 2 heterocycles. The summed E-state index contributed by atoms with van der Waals surface area (Å²) in [7, 11) is 0. The van der Waals surface area contributed by atoms with Gasteiger partial charge in [0, 0.05) is 12.1 Å². The third-order valence-electron chi connectivity index (χ3n) is 3.72.